The Kier molecular flexibility index (Phi) is 8.39. The Morgan fingerprint density at radius 3 is 2.35 bits per heavy atom. The van der Waals surface area contributed by atoms with Crippen molar-refractivity contribution in [2.45, 2.75) is 36.2 Å². The summed E-state index contributed by atoms with van der Waals surface area (Å²) in [7, 11) is 0. The lowest BCUT2D eigenvalue weighted by Gasteiger charge is -2.20. The molecule has 0 saturated carbocycles. The zero-order chi connectivity index (χ0) is 25.5. The van der Waals surface area contributed by atoms with Crippen LogP contribution in [0.25, 0.3) is 0 Å². The molecule has 1 fully saturated rings. The maximum Gasteiger partial charge on any atom is 0.251 e. The average Bonchev–Trinajstić information content (AvgIpc) is 3.48. The molecule has 0 radical (unpaired) electrons. The highest BCUT2D eigenvalue weighted by Gasteiger charge is 2.18. The van der Waals surface area contributed by atoms with E-state index >= 15 is 0 Å². The molecular formula is C30H29ClN4OS. The molecule has 0 spiro atoms. The van der Waals surface area contributed by atoms with Crippen molar-refractivity contribution in [3.05, 3.63) is 118 Å². The molecule has 5 rings (SSSR count). The molecule has 5 nitrogen and oxygen atoms in total. The van der Waals surface area contributed by atoms with Gasteiger partial charge in [-0.3, -0.25) is 4.79 Å². The van der Waals surface area contributed by atoms with Crippen molar-refractivity contribution in [2.75, 3.05) is 18.0 Å². The van der Waals surface area contributed by atoms with Crippen LogP contribution in [0, 0.1) is 0 Å². The van der Waals surface area contributed by atoms with Crippen LogP contribution in [0.3, 0.4) is 0 Å². The van der Waals surface area contributed by atoms with Crippen LogP contribution in [0.1, 0.15) is 45.9 Å². The lowest BCUT2D eigenvalue weighted by Crippen LogP contribution is -2.30. The van der Waals surface area contributed by atoms with E-state index in [1.165, 1.54) is 30.2 Å². The zero-order valence-electron chi connectivity index (χ0n) is 20.5. The first-order chi connectivity index (χ1) is 18.1. The molecule has 1 saturated heterocycles. The summed E-state index contributed by atoms with van der Waals surface area (Å²) in [5.41, 5.74) is 3.93. The highest BCUT2D eigenvalue weighted by atomic mass is 35.5. The first-order valence-electron chi connectivity index (χ1n) is 12.5. The number of halogens is 1. The molecular weight excluding hydrogens is 500 g/mol. The van der Waals surface area contributed by atoms with Gasteiger partial charge < -0.3 is 10.2 Å². The molecule has 1 aromatic heterocycles. The van der Waals surface area contributed by atoms with Crippen molar-refractivity contribution in [3.63, 3.8) is 0 Å². The van der Waals surface area contributed by atoms with E-state index in [-0.39, 0.29) is 11.9 Å². The van der Waals surface area contributed by atoms with Gasteiger partial charge in [0.2, 0.25) is 0 Å². The molecule has 4 aromatic rings. The van der Waals surface area contributed by atoms with E-state index in [0.717, 1.165) is 36.5 Å². The number of carbonyl (C=O) groups excluding carboxylic acids is 1. The minimum atomic E-state index is -0.127. The predicted octanol–water partition coefficient (Wildman–Crippen LogP) is 6.74. The second kappa shape index (κ2) is 12.3. The number of aromatic nitrogens is 2. The molecule has 0 aliphatic carbocycles. The van der Waals surface area contributed by atoms with Crippen molar-refractivity contribution in [1.29, 1.82) is 0 Å². The van der Waals surface area contributed by atoms with Gasteiger partial charge in [-0.2, -0.15) is 0 Å². The third kappa shape index (κ3) is 6.90. The van der Waals surface area contributed by atoms with E-state index in [1.807, 2.05) is 66.7 Å². The van der Waals surface area contributed by atoms with Gasteiger partial charge in [0.05, 0.1) is 6.04 Å². The second-order valence-electron chi connectivity index (χ2n) is 9.14. The van der Waals surface area contributed by atoms with Gasteiger partial charge in [0.25, 0.3) is 5.91 Å². The van der Waals surface area contributed by atoms with Gasteiger partial charge in [0.1, 0.15) is 11.0 Å². The van der Waals surface area contributed by atoms with Crippen molar-refractivity contribution < 1.29 is 4.79 Å². The number of hydrogen-bond donors (Lipinski definition) is 1. The third-order valence-electron chi connectivity index (χ3n) is 6.44. The molecule has 7 heteroatoms. The number of benzene rings is 3. The van der Waals surface area contributed by atoms with Crippen molar-refractivity contribution in [2.24, 2.45) is 0 Å². The monoisotopic (exact) mass is 528 g/mol. The minimum absolute atomic E-state index is 0.0908. The zero-order valence-corrected chi connectivity index (χ0v) is 22.1. The molecule has 1 amide bonds. The molecule has 188 valence electrons. The van der Waals surface area contributed by atoms with E-state index in [0.29, 0.717) is 21.6 Å². The number of nitrogens with zero attached hydrogens (tertiary/aromatic N) is 3. The largest absolute Gasteiger partial charge is 0.356 e. The normalized spacial score (nSPS) is 13.9. The Morgan fingerprint density at radius 1 is 0.892 bits per heavy atom. The summed E-state index contributed by atoms with van der Waals surface area (Å²) in [6.45, 7) is 2.01. The fraction of sp³-hybridized carbons (Fsp3) is 0.233. The summed E-state index contributed by atoms with van der Waals surface area (Å²) < 4.78 is 0. The Morgan fingerprint density at radius 2 is 1.59 bits per heavy atom. The summed E-state index contributed by atoms with van der Waals surface area (Å²) in [6, 6.07) is 29.8. The molecule has 1 aliphatic rings. The summed E-state index contributed by atoms with van der Waals surface area (Å²) >= 11 is 7.82. The molecule has 3 aromatic carbocycles. The van der Waals surface area contributed by atoms with Gasteiger partial charge in [0, 0.05) is 30.5 Å². The Bertz CT molecular complexity index is 1330. The van der Waals surface area contributed by atoms with Crippen LogP contribution in [0.5, 0.6) is 0 Å². The molecule has 2 heterocycles. The maximum absolute atomic E-state index is 13.3. The fourth-order valence-electron chi connectivity index (χ4n) is 4.54. The van der Waals surface area contributed by atoms with Crippen molar-refractivity contribution in [3.8, 4) is 0 Å². The quantitative estimate of drug-likeness (QED) is 0.148. The van der Waals surface area contributed by atoms with Gasteiger partial charge in [-0.15, -0.1) is 0 Å². The smallest absolute Gasteiger partial charge is 0.251 e. The van der Waals surface area contributed by atoms with Gasteiger partial charge >= 0.3 is 0 Å². The summed E-state index contributed by atoms with van der Waals surface area (Å²) in [5, 5.41) is 4.36. The molecule has 1 N–H and O–H groups in total. The SMILES string of the molecule is O=C(N[C@H](Cc1ccccc1)c1ccccc1)c1cccc(CSc2nc(Cl)cc(N3CCCC3)n2)c1. The van der Waals surface area contributed by atoms with Crippen LogP contribution in [0.2, 0.25) is 5.15 Å². The highest BCUT2D eigenvalue weighted by molar-refractivity contribution is 7.98. The van der Waals surface area contributed by atoms with E-state index in [9.17, 15) is 4.79 Å². The minimum Gasteiger partial charge on any atom is -0.356 e. The van der Waals surface area contributed by atoms with Gasteiger partial charge in [0.15, 0.2) is 5.16 Å². The second-order valence-corrected chi connectivity index (χ2v) is 10.5. The molecule has 0 unspecified atom stereocenters. The number of amides is 1. The van der Waals surface area contributed by atoms with Crippen LogP contribution >= 0.6 is 23.4 Å². The van der Waals surface area contributed by atoms with E-state index in [1.54, 1.807) is 0 Å². The Hall–Kier alpha value is -3.35. The van der Waals surface area contributed by atoms with Crippen molar-refractivity contribution >= 4 is 35.1 Å². The molecule has 1 atom stereocenters. The average molecular weight is 529 g/mol. The number of anilines is 1. The summed E-state index contributed by atoms with van der Waals surface area (Å²) in [6.07, 6.45) is 3.07. The van der Waals surface area contributed by atoms with E-state index < -0.39 is 0 Å². The number of thioether (sulfide) groups is 1. The first-order valence-corrected chi connectivity index (χ1v) is 13.9. The first kappa shape index (κ1) is 25.3. The maximum atomic E-state index is 13.3. The van der Waals surface area contributed by atoms with Gasteiger partial charge in [-0.05, 0) is 48.1 Å². The molecule has 1 aliphatic heterocycles. The molecule has 0 bridgehead atoms. The summed E-state index contributed by atoms with van der Waals surface area (Å²) in [5.74, 6) is 1.44. The Labute approximate surface area is 227 Å². The number of carbonyl (C=O) groups is 1. The number of nitrogens with one attached hydrogen (secondary N) is 1. The highest BCUT2D eigenvalue weighted by Crippen LogP contribution is 2.27. The van der Waals surface area contributed by atoms with E-state index in [4.69, 9.17) is 16.6 Å². The van der Waals surface area contributed by atoms with Gasteiger partial charge in [-0.1, -0.05) is 96.2 Å². The third-order valence-corrected chi connectivity index (χ3v) is 7.55. The van der Waals surface area contributed by atoms with Crippen LogP contribution < -0.4 is 10.2 Å². The predicted molar refractivity (Wildman–Crippen MR) is 151 cm³/mol. The number of rotatable bonds is 9. The van der Waals surface area contributed by atoms with Crippen molar-refractivity contribution in [1.82, 2.24) is 15.3 Å². The Balaban J connectivity index is 1.27. The standard InChI is InChI=1S/C30H29ClN4OS/c31-27-20-28(35-16-7-8-17-35)34-30(33-27)37-21-23-12-9-15-25(18-23)29(36)32-26(24-13-5-2-6-14-24)19-22-10-3-1-4-11-22/h1-6,9-15,18,20,26H,7-8,16-17,19,21H2,(H,32,36)/t26-/m1/s1. The van der Waals surface area contributed by atoms with Crippen LogP contribution in [0.15, 0.2) is 96.2 Å². The topological polar surface area (TPSA) is 58.1 Å². The van der Waals surface area contributed by atoms with E-state index in [2.05, 4.69) is 39.5 Å². The van der Waals surface area contributed by atoms with Crippen LogP contribution in [0.4, 0.5) is 5.82 Å². The number of hydrogen-bond acceptors (Lipinski definition) is 5. The summed E-state index contributed by atoms with van der Waals surface area (Å²) in [4.78, 5) is 24.7. The van der Waals surface area contributed by atoms with Crippen LogP contribution in [-0.2, 0) is 12.2 Å². The van der Waals surface area contributed by atoms with Crippen LogP contribution in [-0.4, -0.2) is 29.0 Å². The lowest BCUT2D eigenvalue weighted by molar-refractivity contribution is 0.0936. The molecule has 37 heavy (non-hydrogen) atoms. The lowest BCUT2D eigenvalue weighted by atomic mass is 9.98. The van der Waals surface area contributed by atoms with Gasteiger partial charge in [-0.25, -0.2) is 9.97 Å². The fourth-order valence-corrected chi connectivity index (χ4v) is 5.56.